The average molecular weight is 325 g/mol. The van der Waals surface area contributed by atoms with Crippen LogP contribution < -0.4 is 10.1 Å². The smallest absolute Gasteiger partial charge is 0.129 e. The van der Waals surface area contributed by atoms with Crippen molar-refractivity contribution in [3.8, 4) is 16.9 Å². The maximum Gasteiger partial charge on any atom is 0.129 e. The van der Waals surface area contributed by atoms with Gasteiger partial charge in [0.2, 0.25) is 0 Å². The van der Waals surface area contributed by atoms with E-state index in [9.17, 15) is 4.39 Å². The highest BCUT2D eigenvalue weighted by molar-refractivity contribution is 5.90. The van der Waals surface area contributed by atoms with Gasteiger partial charge in [0.1, 0.15) is 23.9 Å². The van der Waals surface area contributed by atoms with Gasteiger partial charge >= 0.3 is 0 Å². The lowest BCUT2D eigenvalue weighted by atomic mass is 9.87. The molecule has 0 atom stereocenters. The van der Waals surface area contributed by atoms with Crippen LogP contribution in [-0.4, -0.2) is 12.6 Å². The summed E-state index contributed by atoms with van der Waals surface area (Å²) in [5.74, 6) is 1.16. The first-order chi connectivity index (χ1) is 11.4. The highest BCUT2D eigenvalue weighted by Gasteiger charge is 2.34. The standard InChI is InChI=1S/C20H20FNO2/c1-11-7-15-19-14(10-24-17(19)9-20(2,3)22-15)18(11)13-6-5-12(21)8-16(13)23-4/h5-9,22H,10H2,1-4H3. The van der Waals surface area contributed by atoms with Crippen molar-refractivity contribution in [2.45, 2.75) is 32.9 Å². The SMILES string of the molecule is COc1cc(F)ccc1-c1c(C)cc2c3c1COC3=CC(C)(C)N2. The van der Waals surface area contributed by atoms with E-state index in [4.69, 9.17) is 9.47 Å². The summed E-state index contributed by atoms with van der Waals surface area (Å²) in [5, 5.41) is 3.56. The Morgan fingerprint density at radius 3 is 2.75 bits per heavy atom. The van der Waals surface area contributed by atoms with Gasteiger partial charge in [0.05, 0.1) is 12.6 Å². The predicted octanol–water partition coefficient (Wildman–Crippen LogP) is 4.88. The van der Waals surface area contributed by atoms with Gasteiger partial charge in [-0.3, -0.25) is 0 Å². The molecule has 2 heterocycles. The van der Waals surface area contributed by atoms with Crippen LogP contribution in [0.2, 0.25) is 0 Å². The molecule has 0 bridgehead atoms. The third-order valence-corrected chi connectivity index (χ3v) is 4.63. The number of methoxy groups -OCH3 is 1. The monoisotopic (exact) mass is 325 g/mol. The summed E-state index contributed by atoms with van der Waals surface area (Å²) < 4.78 is 25.0. The molecule has 2 aliphatic rings. The van der Waals surface area contributed by atoms with E-state index in [0.717, 1.165) is 39.3 Å². The summed E-state index contributed by atoms with van der Waals surface area (Å²) in [6, 6.07) is 6.81. The zero-order chi connectivity index (χ0) is 17.1. The molecule has 2 aromatic carbocycles. The van der Waals surface area contributed by atoms with E-state index >= 15 is 0 Å². The molecule has 0 amide bonds. The fourth-order valence-electron chi connectivity index (χ4n) is 3.70. The Labute approximate surface area is 141 Å². The van der Waals surface area contributed by atoms with E-state index in [1.54, 1.807) is 13.2 Å². The van der Waals surface area contributed by atoms with Crippen molar-refractivity contribution < 1.29 is 13.9 Å². The van der Waals surface area contributed by atoms with Gasteiger partial charge < -0.3 is 14.8 Å². The molecule has 1 N–H and O–H groups in total. The maximum absolute atomic E-state index is 13.6. The lowest BCUT2D eigenvalue weighted by molar-refractivity contribution is 0.283. The molecule has 3 nitrogen and oxygen atoms in total. The molecule has 4 heteroatoms. The van der Waals surface area contributed by atoms with Crippen molar-refractivity contribution in [1.29, 1.82) is 0 Å². The Balaban J connectivity index is 1.98. The minimum absolute atomic E-state index is 0.147. The number of benzene rings is 2. The molecular weight excluding hydrogens is 305 g/mol. The number of halogens is 1. The zero-order valence-corrected chi connectivity index (χ0v) is 14.3. The van der Waals surface area contributed by atoms with Crippen molar-refractivity contribution >= 4 is 11.4 Å². The first-order valence-corrected chi connectivity index (χ1v) is 8.04. The highest BCUT2D eigenvalue weighted by atomic mass is 19.1. The summed E-state index contributed by atoms with van der Waals surface area (Å²) in [7, 11) is 1.57. The number of hydrogen-bond acceptors (Lipinski definition) is 3. The van der Waals surface area contributed by atoms with E-state index in [0.29, 0.717) is 12.4 Å². The van der Waals surface area contributed by atoms with Crippen LogP contribution in [-0.2, 0) is 11.3 Å². The van der Waals surface area contributed by atoms with E-state index in [2.05, 4.69) is 38.2 Å². The molecule has 0 fully saturated rings. The molecule has 0 radical (unpaired) electrons. The Morgan fingerprint density at radius 2 is 2.00 bits per heavy atom. The van der Waals surface area contributed by atoms with Crippen molar-refractivity contribution in [2.24, 2.45) is 0 Å². The van der Waals surface area contributed by atoms with Crippen LogP contribution >= 0.6 is 0 Å². The first kappa shape index (κ1) is 15.1. The zero-order valence-electron chi connectivity index (χ0n) is 14.3. The predicted molar refractivity (Wildman–Crippen MR) is 93.6 cm³/mol. The van der Waals surface area contributed by atoms with Gasteiger partial charge in [0.15, 0.2) is 0 Å². The van der Waals surface area contributed by atoms with Gasteiger partial charge in [0.25, 0.3) is 0 Å². The van der Waals surface area contributed by atoms with Gasteiger partial charge in [-0.2, -0.15) is 0 Å². The number of rotatable bonds is 2. The fraction of sp³-hybridized carbons (Fsp3) is 0.300. The number of hydrogen-bond donors (Lipinski definition) is 1. The molecule has 0 spiro atoms. The summed E-state index contributed by atoms with van der Waals surface area (Å²) in [6.07, 6.45) is 2.12. The molecule has 0 aliphatic carbocycles. The molecular formula is C20H20FNO2. The third-order valence-electron chi connectivity index (χ3n) is 4.63. The minimum atomic E-state index is -0.303. The second-order valence-electron chi connectivity index (χ2n) is 6.96. The van der Waals surface area contributed by atoms with Crippen LogP contribution in [0.1, 0.15) is 30.5 Å². The molecule has 24 heavy (non-hydrogen) atoms. The molecule has 124 valence electrons. The number of anilines is 1. The number of ether oxygens (including phenoxy) is 2. The van der Waals surface area contributed by atoms with Crippen LogP contribution in [0.3, 0.4) is 0 Å². The molecule has 0 unspecified atom stereocenters. The van der Waals surface area contributed by atoms with Crippen molar-refractivity contribution in [2.75, 3.05) is 12.4 Å². The summed E-state index contributed by atoms with van der Waals surface area (Å²) >= 11 is 0. The van der Waals surface area contributed by atoms with Gasteiger partial charge in [0, 0.05) is 28.4 Å². The minimum Gasteiger partial charge on any atom is -0.496 e. The second kappa shape index (κ2) is 5.00. The first-order valence-electron chi connectivity index (χ1n) is 8.04. The lowest BCUT2D eigenvalue weighted by Gasteiger charge is -2.31. The van der Waals surface area contributed by atoms with Gasteiger partial charge in [-0.25, -0.2) is 4.39 Å². The van der Waals surface area contributed by atoms with E-state index in [-0.39, 0.29) is 11.4 Å². The summed E-state index contributed by atoms with van der Waals surface area (Å²) in [5.41, 5.74) is 6.26. The largest absolute Gasteiger partial charge is 0.496 e. The van der Waals surface area contributed by atoms with Crippen LogP contribution in [0.4, 0.5) is 10.1 Å². The van der Waals surface area contributed by atoms with Crippen molar-refractivity contribution in [3.05, 3.63) is 52.8 Å². The van der Waals surface area contributed by atoms with E-state index < -0.39 is 0 Å². The highest BCUT2D eigenvalue weighted by Crippen LogP contribution is 2.48. The molecule has 2 aliphatic heterocycles. The Hall–Kier alpha value is -2.49. The molecule has 0 aromatic heterocycles. The topological polar surface area (TPSA) is 30.5 Å². The van der Waals surface area contributed by atoms with Crippen LogP contribution in [0.15, 0.2) is 30.3 Å². The average Bonchev–Trinajstić information content (AvgIpc) is 2.91. The van der Waals surface area contributed by atoms with Crippen LogP contribution in [0, 0.1) is 12.7 Å². The van der Waals surface area contributed by atoms with Gasteiger partial charge in [-0.05, 0) is 56.2 Å². The van der Waals surface area contributed by atoms with Crippen molar-refractivity contribution in [1.82, 2.24) is 0 Å². The van der Waals surface area contributed by atoms with Crippen LogP contribution in [0.25, 0.3) is 16.9 Å². The van der Waals surface area contributed by atoms with Crippen molar-refractivity contribution in [3.63, 3.8) is 0 Å². The number of nitrogens with one attached hydrogen (secondary N) is 1. The quantitative estimate of drug-likeness (QED) is 0.853. The van der Waals surface area contributed by atoms with E-state index in [1.165, 1.54) is 12.1 Å². The Bertz CT molecular complexity index is 884. The Morgan fingerprint density at radius 1 is 1.21 bits per heavy atom. The number of aryl methyl sites for hydroxylation is 1. The maximum atomic E-state index is 13.6. The van der Waals surface area contributed by atoms with E-state index in [1.807, 2.05) is 0 Å². The van der Waals surface area contributed by atoms with Crippen LogP contribution in [0.5, 0.6) is 5.75 Å². The molecule has 4 rings (SSSR count). The fourth-order valence-corrected chi connectivity index (χ4v) is 3.70. The summed E-state index contributed by atoms with van der Waals surface area (Å²) in [6.45, 7) is 6.83. The normalized spacial score (nSPS) is 16.8. The molecule has 2 aromatic rings. The molecule has 0 saturated heterocycles. The van der Waals surface area contributed by atoms with Gasteiger partial charge in [-0.1, -0.05) is 0 Å². The third kappa shape index (κ3) is 2.17. The Kier molecular flexibility index (Phi) is 3.14. The molecule has 0 saturated carbocycles. The lowest BCUT2D eigenvalue weighted by Crippen LogP contribution is -2.31. The summed E-state index contributed by atoms with van der Waals surface area (Å²) in [4.78, 5) is 0. The van der Waals surface area contributed by atoms with Gasteiger partial charge in [-0.15, -0.1) is 0 Å². The second-order valence-corrected chi connectivity index (χ2v) is 6.96.